The Bertz CT molecular complexity index is 1490. The van der Waals surface area contributed by atoms with Gasteiger partial charge >= 0.3 is 0 Å². The molecule has 6 rings (SSSR count). The fourth-order valence-corrected chi connectivity index (χ4v) is 5.98. The van der Waals surface area contributed by atoms with Gasteiger partial charge in [-0.3, -0.25) is 9.59 Å². The summed E-state index contributed by atoms with van der Waals surface area (Å²) in [5.74, 6) is 1.55. The summed E-state index contributed by atoms with van der Waals surface area (Å²) in [7, 11) is 3.90. The van der Waals surface area contributed by atoms with Gasteiger partial charge in [0.2, 0.25) is 0 Å². The van der Waals surface area contributed by atoms with Crippen LogP contribution in [0.2, 0.25) is 0 Å². The molecule has 1 aliphatic heterocycles. The van der Waals surface area contributed by atoms with Gasteiger partial charge in [0, 0.05) is 49.3 Å². The molecule has 0 bridgehead atoms. The highest BCUT2D eigenvalue weighted by atomic mass is 32.1. The molecule has 0 atom stereocenters. The van der Waals surface area contributed by atoms with Crippen LogP contribution in [0.4, 0.5) is 11.5 Å². The molecule has 0 unspecified atom stereocenters. The van der Waals surface area contributed by atoms with Crippen molar-refractivity contribution in [3.05, 3.63) is 83.0 Å². The first-order valence-electron chi connectivity index (χ1n) is 12.7. The lowest BCUT2D eigenvalue weighted by Crippen LogP contribution is -2.33. The third-order valence-electron chi connectivity index (χ3n) is 7.01. The number of nitrogens with zero attached hydrogens (tertiary/aromatic N) is 4. The van der Waals surface area contributed by atoms with Gasteiger partial charge in [0.1, 0.15) is 11.5 Å². The first kappa shape index (κ1) is 23.6. The summed E-state index contributed by atoms with van der Waals surface area (Å²) in [6.45, 7) is 0.529. The summed E-state index contributed by atoms with van der Waals surface area (Å²) in [5, 5.41) is 0. The second-order valence-corrected chi connectivity index (χ2v) is 11.0. The zero-order chi connectivity index (χ0) is 25.5. The first-order valence-corrected chi connectivity index (χ1v) is 13.5. The van der Waals surface area contributed by atoms with E-state index in [0.29, 0.717) is 36.7 Å². The predicted molar refractivity (Wildman–Crippen MR) is 149 cm³/mol. The molecule has 0 spiro atoms. The lowest BCUT2D eigenvalue weighted by molar-refractivity contribution is 0.0972. The molecule has 3 aromatic heterocycles. The number of carbonyl (C=O) groups excluding carboxylic acids is 2. The number of hydrogen-bond acceptors (Lipinski definition) is 6. The number of amides is 1. The minimum Gasteiger partial charge on any atom is -0.363 e. The molecular weight excluding hydrogens is 480 g/mol. The Labute approximate surface area is 220 Å². The lowest BCUT2D eigenvalue weighted by Gasteiger charge is -2.23. The van der Waals surface area contributed by atoms with E-state index < -0.39 is 0 Å². The SMILES string of the molecule is CN(C)c1ccc(-c2cccc(C(=O)N3CCc4cc(C(=O)CC5CC5)sc4-c4ccccc43)n2)cn1. The van der Waals surface area contributed by atoms with Crippen LogP contribution in [-0.4, -0.2) is 42.3 Å². The molecule has 1 fully saturated rings. The zero-order valence-electron chi connectivity index (χ0n) is 21.0. The molecule has 0 N–H and O–H groups in total. The second kappa shape index (κ2) is 9.56. The molecule has 1 amide bonds. The highest BCUT2D eigenvalue weighted by Crippen LogP contribution is 2.43. The largest absolute Gasteiger partial charge is 0.363 e. The van der Waals surface area contributed by atoms with E-state index in [4.69, 9.17) is 4.98 Å². The molecule has 1 saturated carbocycles. The Kier molecular flexibility index (Phi) is 6.08. The number of benzene rings is 1. The van der Waals surface area contributed by atoms with Crippen LogP contribution in [0.15, 0.2) is 66.9 Å². The minimum atomic E-state index is -0.132. The molecule has 4 heterocycles. The lowest BCUT2D eigenvalue weighted by atomic mass is 10.1. The predicted octanol–water partition coefficient (Wildman–Crippen LogP) is 6.12. The smallest absolute Gasteiger partial charge is 0.276 e. The van der Waals surface area contributed by atoms with E-state index in [1.54, 1.807) is 23.6 Å². The average Bonchev–Trinajstić information content (AvgIpc) is 3.67. The van der Waals surface area contributed by atoms with E-state index in [1.165, 1.54) is 12.8 Å². The Morgan fingerprint density at radius 2 is 1.89 bits per heavy atom. The maximum absolute atomic E-state index is 13.8. The van der Waals surface area contributed by atoms with E-state index in [-0.39, 0.29) is 11.7 Å². The molecule has 1 aromatic carbocycles. The number of thiophene rings is 1. The van der Waals surface area contributed by atoms with E-state index in [0.717, 1.165) is 37.9 Å². The third kappa shape index (κ3) is 4.67. The Morgan fingerprint density at radius 3 is 2.65 bits per heavy atom. The number of ketones is 1. The van der Waals surface area contributed by atoms with Crippen molar-refractivity contribution in [1.29, 1.82) is 0 Å². The van der Waals surface area contributed by atoms with Crippen molar-refractivity contribution in [1.82, 2.24) is 9.97 Å². The van der Waals surface area contributed by atoms with Crippen molar-refractivity contribution in [3.8, 4) is 21.7 Å². The Balaban J connectivity index is 1.31. The molecule has 0 saturated heterocycles. The monoisotopic (exact) mass is 508 g/mol. The van der Waals surface area contributed by atoms with Gasteiger partial charge in [-0.25, -0.2) is 9.97 Å². The van der Waals surface area contributed by atoms with Gasteiger partial charge in [-0.2, -0.15) is 0 Å². The second-order valence-electron chi connectivity index (χ2n) is 9.97. The van der Waals surface area contributed by atoms with Crippen molar-refractivity contribution in [3.63, 3.8) is 0 Å². The summed E-state index contributed by atoms with van der Waals surface area (Å²) in [6.07, 6.45) is 5.47. The number of hydrogen-bond donors (Lipinski definition) is 0. The van der Waals surface area contributed by atoms with E-state index in [9.17, 15) is 9.59 Å². The quantitative estimate of drug-likeness (QED) is 0.293. The van der Waals surface area contributed by atoms with Crippen LogP contribution in [0, 0.1) is 5.92 Å². The maximum Gasteiger partial charge on any atom is 0.276 e. The van der Waals surface area contributed by atoms with Gasteiger partial charge in [0.25, 0.3) is 5.91 Å². The van der Waals surface area contributed by atoms with E-state index >= 15 is 0 Å². The van der Waals surface area contributed by atoms with Crippen LogP contribution in [0.5, 0.6) is 0 Å². The summed E-state index contributed by atoms with van der Waals surface area (Å²) in [6, 6.07) is 19.5. The third-order valence-corrected chi connectivity index (χ3v) is 8.27. The molecule has 186 valence electrons. The molecule has 4 aromatic rings. The number of pyridine rings is 2. The number of aromatic nitrogens is 2. The standard InChI is InChI=1S/C30H28N4O2S/c1-33(2)28-13-12-21(18-31-28)23-7-5-8-24(32-23)30(36)34-15-14-20-17-27(26(35)16-19-10-11-19)37-29(20)22-6-3-4-9-25(22)34/h3-9,12-13,17-19H,10-11,14-16H2,1-2H3. The van der Waals surface area contributed by atoms with Gasteiger partial charge < -0.3 is 9.80 Å². The topological polar surface area (TPSA) is 66.4 Å². The number of Topliss-reactive ketones (excluding diaryl/α,β-unsaturated/α-hetero) is 1. The van der Waals surface area contributed by atoms with Gasteiger partial charge in [-0.05, 0) is 67.1 Å². The number of anilines is 2. The summed E-state index contributed by atoms with van der Waals surface area (Å²) in [4.78, 5) is 41.5. The molecule has 2 aliphatic rings. The van der Waals surface area contributed by atoms with E-state index in [1.807, 2.05) is 72.4 Å². The molecule has 6 nitrogen and oxygen atoms in total. The molecule has 7 heteroatoms. The fourth-order valence-electron chi connectivity index (χ4n) is 4.78. The number of carbonyl (C=O) groups is 2. The van der Waals surface area contributed by atoms with Crippen LogP contribution in [-0.2, 0) is 6.42 Å². The molecule has 37 heavy (non-hydrogen) atoms. The van der Waals surface area contributed by atoms with Crippen LogP contribution in [0.3, 0.4) is 0 Å². The van der Waals surface area contributed by atoms with Crippen molar-refractivity contribution >= 4 is 34.5 Å². The van der Waals surface area contributed by atoms with Crippen molar-refractivity contribution in [2.75, 3.05) is 30.4 Å². The van der Waals surface area contributed by atoms with Gasteiger partial charge in [0.05, 0.1) is 16.3 Å². The summed E-state index contributed by atoms with van der Waals surface area (Å²) in [5.41, 5.74) is 4.97. The van der Waals surface area contributed by atoms with Crippen molar-refractivity contribution < 1.29 is 9.59 Å². The van der Waals surface area contributed by atoms with Crippen molar-refractivity contribution in [2.45, 2.75) is 25.7 Å². The van der Waals surface area contributed by atoms with Gasteiger partial charge in [0.15, 0.2) is 5.78 Å². The van der Waals surface area contributed by atoms with Crippen molar-refractivity contribution in [2.24, 2.45) is 5.92 Å². The van der Waals surface area contributed by atoms with E-state index in [2.05, 4.69) is 11.1 Å². The highest BCUT2D eigenvalue weighted by Gasteiger charge is 2.30. The number of fused-ring (bicyclic) bond motifs is 3. The first-order chi connectivity index (χ1) is 18.0. The zero-order valence-corrected chi connectivity index (χ0v) is 21.8. The molecular formula is C30H28N4O2S. The minimum absolute atomic E-state index is 0.132. The van der Waals surface area contributed by atoms with Crippen LogP contribution < -0.4 is 9.80 Å². The number of para-hydroxylation sites is 1. The molecule has 1 aliphatic carbocycles. The van der Waals surface area contributed by atoms with Crippen LogP contribution in [0.25, 0.3) is 21.7 Å². The van der Waals surface area contributed by atoms with Crippen LogP contribution >= 0.6 is 11.3 Å². The Hall–Kier alpha value is -3.84. The highest BCUT2D eigenvalue weighted by molar-refractivity contribution is 7.17. The van der Waals surface area contributed by atoms with Crippen LogP contribution in [0.1, 0.15) is 45.0 Å². The van der Waals surface area contributed by atoms with Gasteiger partial charge in [-0.15, -0.1) is 11.3 Å². The number of rotatable bonds is 6. The van der Waals surface area contributed by atoms with Gasteiger partial charge in [-0.1, -0.05) is 24.3 Å². The normalized spacial score (nSPS) is 14.5. The molecule has 0 radical (unpaired) electrons. The fraction of sp³-hybridized carbons (Fsp3) is 0.267. The Morgan fingerprint density at radius 1 is 1.05 bits per heavy atom. The maximum atomic E-state index is 13.8. The average molecular weight is 509 g/mol. The summed E-state index contributed by atoms with van der Waals surface area (Å²) >= 11 is 1.57. The summed E-state index contributed by atoms with van der Waals surface area (Å²) < 4.78 is 0.